The zero-order valence-electron chi connectivity index (χ0n) is 8.53. The number of carbonyl (C=O) groups excluding carboxylic acids is 1. The van der Waals surface area contributed by atoms with E-state index < -0.39 is 23.1 Å². The molecule has 0 rings (SSSR count). The van der Waals surface area contributed by atoms with Gasteiger partial charge in [0.25, 0.3) is 0 Å². The molecule has 0 aliphatic carbocycles. The number of carbonyl (C=O) groups is 2. The van der Waals surface area contributed by atoms with Gasteiger partial charge in [-0.15, -0.1) is 6.58 Å². The van der Waals surface area contributed by atoms with Crippen molar-refractivity contribution in [3.05, 3.63) is 12.7 Å². The second kappa shape index (κ2) is 3.79. The van der Waals surface area contributed by atoms with E-state index in [-0.39, 0.29) is 0 Å². The molecule has 0 radical (unpaired) electrons. The number of aliphatic carboxylic acids is 1. The minimum absolute atomic E-state index is 0.778. The first kappa shape index (κ1) is 12.6. The number of nitrogens with two attached hydrogens (primary N) is 1. The maximum absolute atomic E-state index is 11.4. The first-order chi connectivity index (χ1) is 6.13. The first-order valence-electron chi connectivity index (χ1n) is 4.03. The topological polar surface area (TPSA) is 89.6 Å². The Morgan fingerprint density at radius 2 is 1.86 bits per heavy atom. The number of rotatable bonds is 3. The van der Waals surface area contributed by atoms with Gasteiger partial charge in [-0.05, 0) is 26.8 Å². The summed E-state index contributed by atoms with van der Waals surface area (Å²) < 4.78 is 4.84. The van der Waals surface area contributed by atoms with Crippen LogP contribution in [0.2, 0.25) is 0 Å². The van der Waals surface area contributed by atoms with Crippen molar-refractivity contribution in [2.24, 2.45) is 5.73 Å². The summed E-state index contributed by atoms with van der Waals surface area (Å²) in [7, 11) is 0. The molecule has 0 saturated heterocycles. The van der Waals surface area contributed by atoms with Crippen molar-refractivity contribution in [2.45, 2.75) is 31.9 Å². The molecule has 3 N–H and O–H groups in total. The molecule has 0 aliphatic rings. The van der Waals surface area contributed by atoms with Gasteiger partial charge in [0, 0.05) is 0 Å². The summed E-state index contributed by atoms with van der Waals surface area (Å²) in [5.41, 5.74) is 2.35. The van der Waals surface area contributed by atoms with Crippen molar-refractivity contribution in [2.75, 3.05) is 0 Å². The average molecular weight is 201 g/mol. The molecule has 5 heteroatoms. The fourth-order valence-electron chi connectivity index (χ4n) is 0.620. The zero-order chi connectivity index (χ0) is 11.6. The third kappa shape index (κ3) is 2.85. The first-order valence-corrected chi connectivity index (χ1v) is 4.03. The highest BCUT2D eigenvalue weighted by atomic mass is 16.6. The summed E-state index contributed by atoms with van der Waals surface area (Å²) in [5.74, 6) is -2.51. The molecular formula is C9H15NO4. The van der Waals surface area contributed by atoms with Gasteiger partial charge >= 0.3 is 11.9 Å². The molecule has 0 aromatic rings. The van der Waals surface area contributed by atoms with Crippen molar-refractivity contribution >= 4 is 11.9 Å². The number of hydrogen-bond acceptors (Lipinski definition) is 4. The molecule has 0 amide bonds. The molecule has 14 heavy (non-hydrogen) atoms. The molecule has 0 aromatic carbocycles. The Morgan fingerprint density at radius 1 is 1.43 bits per heavy atom. The number of ether oxygens (including phenoxy) is 1. The van der Waals surface area contributed by atoms with E-state index in [0.717, 1.165) is 6.08 Å². The molecule has 80 valence electrons. The largest absolute Gasteiger partial charge is 0.479 e. The van der Waals surface area contributed by atoms with E-state index in [0.29, 0.717) is 0 Å². The molecule has 0 bridgehead atoms. The van der Waals surface area contributed by atoms with Gasteiger partial charge in [-0.1, -0.05) is 0 Å². The minimum atomic E-state index is -2.17. The highest BCUT2D eigenvalue weighted by Gasteiger charge is 2.42. The van der Waals surface area contributed by atoms with Crippen LogP contribution >= 0.6 is 0 Å². The quantitative estimate of drug-likeness (QED) is 0.389. The third-order valence-corrected chi connectivity index (χ3v) is 1.41. The maximum Gasteiger partial charge on any atom is 0.342 e. The Labute approximate surface area is 82.5 Å². The van der Waals surface area contributed by atoms with Gasteiger partial charge in [-0.3, -0.25) is 0 Å². The molecule has 1 unspecified atom stereocenters. The summed E-state index contributed by atoms with van der Waals surface area (Å²) >= 11 is 0. The van der Waals surface area contributed by atoms with E-state index in [2.05, 4.69) is 6.58 Å². The monoisotopic (exact) mass is 201 g/mol. The lowest BCUT2D eigenvalue weighted by molar-refractivity contribution is -0.166. The summed E-state index contributed by atoms with van der Waals surface area (Å²) in [6.45, 7) is 8.06. The average Bonchev–Trinajstić information content (AvgIpc) is 1.99. The van der Waals surface area contributed by atoms with Crippen LogP contribution in [0, 0.1) is 0 Å². The Hall–Kier alpha value is -1.36. The molecule has 5 nitrogen and oxygen atoms in total. The highest BCUT2D eigenvalue weighted by Crippen LogP contribution is 2.13. The Morgan fingerprint density at radius 3 is 2.07 bits per heavy atom. The van der Waals surface area contributed by atoms with E-state index in [1.54, 1.807) is 20.8 Å². The van der Waals surface area contributed by atoms with Gasteiger partial charge in [0.1, 0.15) is 5.60 Å². The van der Waals surface area contributed by atoms with Crippen LogP contribution in [-0.4, -0.2) is 28.2 Å². The molecule has 1 atom stereocenters. The Kier molecular flexibility index (Phi) is 3.42. The normalized spacial score (nSPS) is 15.4. The lowest BCUT2D eigenvalue weighted by atomic mass is 10.0. The number of carboxylic acid groups (broad SMARTS) is 1. The molecule has 0 spiro atoms. The van der Waals surface area contributed by atoms with Crippen molar-refractivity contribution < 1.29 is 19.4 Å². The lowest BCUT2D eigenvalue weighted by Gasteiger charge is -2.25. The van der Waals surface area contributed by atoms with Gasteiger partial charge in [0.15, 0.2) is 0 Å². The van der Waals surface area contributed by atoms with Crippen LogP contribution < -0.4 is 5.73 Å². The summed E-state index contributed by atoms with van der Waals surface area (Å²) in [5, 5.41) is 8.70. The van der Waals surface area contributed by atoms with E-state index in [9.17, 15) is 9.59 Å². The molecule has 0 heterocycles. The predicted octanol–water partition coefficient (Wildman–Crippen LogP) is 0.296. The Bertz CT molecular complexity index is 266. The SMILES string of the molecule is C=CC(N)(C(=O)O)C(=O)OC(C)(C)C. The smallest absolute Gasteiger partial charge is 0.342 e. The van der Waals surface area contributed by atoms with Crippen LogP contribution in [0.25, 0.3) is 0 Å². The van der Waals surface area contributed by atoms with E-state index >= 15 is 0 Å². The van der Waals surface area contributed by atoms with Gasteiger partial charge < -0.3 is 15.6 Å². The summed E-state index contributed by atoms with van der Waals surface area (Å²) in [6.07, 6.45) is 0.851. The van der Waals surface area contributed by atoms with Crippen molar-refractivity contribution in [3.63, 3.8) is 0 Å². The second-order valence-electron chi connectivity index (χ2n) is 3.88. The van der Waals surface area contributed by atoms with Gasteiger partial charge in [0.2, 0.25) is 5.54 Å². The van der Waals surface area contributed by atoms with Crippen LogP contribution in [0.4, 0.5) is 0 Å². The summed E-state index contributed by atoms with van der Waals surface area (Å²) in [4.78, 5) is 22.0. The molecule has 0 aliphatic heterocycles. The molecule has 0 fully saturated rings. The molecule has 0 aromatic heterocycles. The fraction of sp³-hybridized carbons (Fsp3) is 0.556. The predicted molar refractivity (Wildman–Crippen MR) is 50.6 cm³/mol. The van der Waals surface area contributed by atoms with E-state index in [4.69, 9.17) is 15.6 Å². The zero-order valence-corrected chi connectivity index (χ0v) is 8.53. The fourth-order valence-corrected chi connectivity index (χ4v) is 0.620. The summed E-state index contributed by atoms with van der Waals surface area (Å²) in [6, 6.07) is 0. The van der Waals surface area contributed by atoms with Crippen LogP contribution in [-0.2, 0) is 14.3 Å². The molecular weight excluding hydrogens is 186 g/mol. The van der Waals surface area contributed by atoms with E-state index in [1.807, 2.05) is 0 Å². The van der Waals surface area contributed by atoms with Crippen molar-refractivity contribution in [1.82, 2.24) is 0 Å². The molecule has 0 saturated carbocycles. The van der Waals surface area contributed by atoms with Crippen molar-refractivity contribution in [1.29, 1.82) is 0 Å². The lowest BCUT2D eigenvalue weighted by Crippen LogP contribution is -2.55. The minimum Gasteiger partial charge on any atom is -0.479 e. The Balaban J connectivity index is 4.82. The number of hydrogen-bond donors (Lipinski definition) is 2. The highest BCUT2D eigenvalue weighted by molar-refractivity contribution is 6.06. The standard InChI is InChI=1S/C9H15NO4/c1-5-9(10,6(11)12)7(13)14-8(2,3)4/h5H,1,10H2,2-4H3,(H,11,12). The van der Waals surface area contributed by atoms with Crippen LogP contribution in [0.1, 0.15) is 20.8 Å². The number of esters is 1. The van der Waals surface area contributed by atoms with Crippen LogP contribution in [0.5, 0.6) is 0 Å². The van der Waals surface area contributed by atoms with Crippen LogP contribution in [0.15, 0.2) is 12.7 Å². The van der Waals surface area contributed by atoms with Gasteiger partial charge in [0.05, 0.1) is 0 Å². The van der Waals surface area contributed by atoms with Gasteiger partial charge in [-0.2, -0.15) is 0 Å². The van der Waals surface area contributed by atoms with Crippen molar-refractivity contribution in [3.8, 4) is 0 Å². The second-order valence-corrected chi connectivity index (χ2v) is 3.88. The van der Waals surface area contributed by atoms with Gasteiger partial charge in [-0.25, -0.2) is 9.59 Å². The maximum atomic E-state index is 11.4. The number of carboxylic acids is 1. The van der Waals surface area contributed by atoms with Crippen LogP contribution in [0.3, 0.4) is 0 Å². The third-order valence-electron chi connectivity index (χ3n) is 1.41. The van der Waals surface area contributed by atoms with E-state index in [1.165, 1.54) is 0 Å².